The van der Waals surface area contributed by atoms with Crippen molar-refractivity contribution in [3.8, 4) is 5.75 Å². The molecule has 0 atom stereocenters. The van der Waals surface area contributed by atoms with E-state index in [4.69, 9.17) is 9.84 Å². The fraction of sp³-hybridized carbons (Fsp3) is 0.583. The van der Waals surface area contributed by atoms with Crippen molar-refractivity contribution in [2.75, 3.05) is 20.7 Å². The lowest BCUT2D eigenvalue weighted by molar-refractivity contribution is 0.112. The summed E-state index contributed by atoms with van der Waals surface area (Å²) in [5, 5.41) is 9.13. The van der Waals surface area contributed by atoms with Crippen LogP contribution in [-0.4, -0.2) is 41.2 Å². The van der Waals surface area contributed by atoms with Crippen LogP contribution < -0.4 is 4.74 Å². The van der Waals surface area contributed by atoms with Crippen LogP contribution in [0.5, 0.6) is 5.75 Å². The number of ether oxygens (including phenoxy) is 1. The third kappa shape index (κ3) is 3.18. The van der Waals surface area contributed by atoms with E-state index in [1.54, 1.807) is 18.5 Å². The van der Waals surface area contributed by atoms with E-state index in [9.17, 15) is 0 Å². The Kier molecular flexibility index (Phi) is 4.26. The molecule has 1 heterocycles. The van der Waals surface area contributed by atoms with Crippen LogP contribution in [0.4, 0.5) is 0 Å². The maximum absolute atomic E-state index is 9.13. The van der Waals surface area contributed by atoms with Gasteiger partial charge >= 0.3 is 0 Å². The topological polar surface area (TPSA) is 45.6 Å². The summed E-state index contributed by atoms with van der Waals surface area (Å²) in [6, 6.07) is 1.78. The molecule has 0 amide bonds. The number of rotatable bonds is 5. The number of aromatic nitrogens is 1. The summed E-state index contributed by atoms with van der Waals surface area (Å²) in [6.45, 7) is 4.72. The summed E-state index contributed by atoms with van der Waals surface area (Å²) in [6.07, 6.45) is 3.29. The van der Waals surface area contributed by atoms with E-state index in [0.29, 0.717) is 12.4 Å². The van der Waals surface area contributed by atoms with Gasteiger partial charge in [-0.15, -0.1) is 0 Å². The zero-order valence-electron chi connectivity index (χ0n) is 10.4. The van der Waals surface area contributed by atoms with Crippen molar-refractivity contribution in [1.29, 1.82) is 0 Å². The van der Waals surface area contributed by atoms with E-state index in [1.165, 1.54) is 0 Å². The highest BCUT2D eigenvalue weighted by Crippen LogP contribution is 2.19. The lowest BCUT2D eigenvalue weighted by Crippen LogP contribution is -2.43. The van der Waals surface area contributed by atoms with Crippen molar-refractivity contribution in [3.63, 3.8) is 0 Å². The number of aliphatic hydroxyl groups is 1. The van der Waals surface area contributed by atoms with Crippen molar-refractivity contribution in [3.05, 3.63) is 24.0 Å². The largest absolute Gasteiger partial charge is 0.491 e. The standard InChI is InChI=1S/C12H20N2O2/c1-12(2,14(3)4)9-16-11-5-6-13-7-10(11)8-15/h5-7,15H,8-9H2,1-4H3. The van der Waals surface area contributed by atoms with Gasteiger partial charge in [-0.3, -0.25) is 4.98 Å². The first kappa shape index (κ1) is 12.9. The van der Waals surface area contributed by atoms with Crippen molar-refractivity contribution in [2.45, 2.75) is 26.0 Å². The third-order valence-corrected chi connectivity index (χ3v) is 2.82. The summed E-state index contributed by atoms with van der Waals surface area (Å²) in [4.78, 5) is 6.05. The molecule has 0 aliphatic carbocycles. The van der Waals surface area contributed by atoms with Crippen molar-refractivity contribution in [2.24, 2.45) is 0 Å². The highest BCUT2D eigenvalue weighted by Gasteiger charge is 2.21. The minimum atomic E-state index is -0.0500. The lowest BCUT2D eigenvalue weighted by atomic mass is 10.1. The molecule has 90 valence electrons. The van der Waals surface area contributed by atoms with Crippen LogP contribution in [0.3, 0.4) is 0 Å². The second kappa shape index (κ2) is 5.27. The SMILES string of the molecule is CN(C)C(C)(C)COc1ccncc1CO. The first-order chi connectivity index (χ1) is 7.47. The van der Waals surface area contributed by atoms with E-state index in [0.717, 1.165) is 5.56 Å². The predicted octanol–water partition coefficient (Wildman–Crippen LogP) is 1.29. The van der Waals surface area contributed by atoms with Gasteiger partial charge in [-0.05, 0) is 34.0 Å². The Morgan fingerprint density at radius 3 is 2.69 bits per heavy atom. The van der Waals surface area contributed by atoms with Gasteiger partial charge in [0.05, 0.1) is 6.61 Å². The Morgan fingerprint density at radius 1 is 1.44 bits per heavy atom. The maximum Gasteiger partial charge on any atom is 0.127 e. The molecule has 0 saturated heterocycles. The predicted molar refractivity (Wildman–Crippen MR) is 63.4 cm³/mol. The Hall–Kier alpha value is -1.13. The Bertz CT molecular complexity index is 338. The minimum absolute atomic E-state index is 0.0456. The van der Waals surface area contributed by atoms with E-state index in [-0.39, 0.29) is 12.1 Å². The van der Waals surface area contributed by atoms with Crippen LogP contribution in [0.1, 0.15) is 19.4 Å². The first-order valence-electron chi connectivity index (χ1n) is 5.31. The van der Waals surface area contributed by atoms with Gasteiger partial charge in [-0.1, -0.05) is 0 Å². The van der Waals surface area contributed by atoms with E-state index >= 15 is 0 Å². The average Bonchev–Trinajstić information content (AvgIpc) is 2.26. The average molecular weight is 224 g/mol. The molecule has 0 radical (unpaired) electrons. The molecule has 4 nitrogen and oxygen atoms in total. The first-order valence-corrected chi connectivity index (χ1v) is 5.31. The monoisotopic (exact) mass is 224 g/mol. The highest BCUT2D eigenvalue weighted by molar-refractivity contribution is 5.29. The van der Waals surface area contributed by atoms with Gasteiger partial charge in [0.25, 0.3) is 0 Å². The smallest absolute Gasteiger partial charge is 0.127 e. The van der Waals surface area contributed by atoms with Crippen molar-refractivity contribution in [1.82, 2.24) is 9.88 Å². The number of aliphatic hydroxyl groups excluding tert-OH is 1. The molecule has 0 saturated carbocycles. The summed E-state index contributed by atoms with van der Waals surface area (Å²) >= 11 is 0. The molecule has 1 rings (SSSR count). The maximum atomic E-state index is 9.13. The molecule has 16 heavy (non-hydrogen) atoms. The number of nitrogens with zero attached hydrogens (tertiary/aromatic N) is 2. The fourth-order valence-electron chi connectivity index (χ4n) is 1.06. The molecule has 0 aromatic carbocycles. The van der Waals surface area contributed by atoms with Crippen molar-refractivity contribution >= 4 is 0 Å². The van der Waals surface area contributed by atoms with E-state index in [1.807, 2.05) is 14.1 Å². The molecule has 0 fully saturated rings. The van der Waals surface area contributed by atoms with E-state index < -0.39 is 0 Å². The lowest BCUT2D eigenvalue weighted by Gasteiger charge is -2.32. The molecule has 0 aliphatic rings. The van der Waals surface area contributed by atoms with Gasteiger partial charge in [-0.2, -0.15) is 0 Å². The Morgan fingerprint density at radius 2 is 2.12 bits per heavy atom. The molecule has 1 N–H and O–H groups in total. The Balaban J connectivity index is 2.67. The number of hydrogen-bond acceptors (Lipinski definition) is 4. The van der Waals surface area contributed by atoms with Crippen LogP contribution in [0.15, 0.2) is 18.5 Å². The van der Waals surface area contributed by atoms with Crippen LogP contribution in [0.25, 0.3) is 0 Å². The number of pyridine rings is 1. The number of likely N-dealkylation sites (N-methyl/N-ethyl adjacent to an activating group) is 1. The molecule has 4 heteroatoms. The number of hydrogen-bond donors (Lipinski definition) is 1. The molecule has 0 unspecified atom stereocenters. The fourth-order valence-corrected chi connectivity index (χ4v) is 1.06. The van der Waals surface area contributed by atoms with Gasteiger partial charge < -0.3 is 14.7 Å². The Labute approximate surface area is 96.9 Å². The van der Waals surface area contributed by atoms with Crippen LogP contribution >= 0.6 is 0 Å². The van der Waals surface area contributed by atoms with Crippen LogP contribution in [-0.2, 0) is 6.61 Å². The van der Waals surface area contributed by atoms with Gasteiger partial charge in [0.2, 0.25) is 0 Å². The highest BCUT2D eigenvalue weighted by atomic mass is 16.5. The molecular weight excluding hydrogens is 204 g/mol. The van der Waals surface area contributed by atoms with Gasteiger partial charge in [-0.25, -0.2) is 0 Å². The normalized spacial score (nSPS) is 11.9. The quantitative estimate of drug-likeness (QED) is 0.818. The molecule has 0 spiro atoms. The summed E-state index contributed by atoms with van der Waals surface area (Å²) in [5.41, 5.74) is 0.674. The summed E-state index contributed by atoms with van der Waals surface area (Å²) in [7, 11) is 4.03. The summed E-state index contributed by atoms with van der Waals surface area (Å²) in [5.74, 6) is 0.701. The molecule has 1 aromatic rings. The minimum Gasteiger partial charge on any atom is -0.491 e. The van der Waals surface area contributed by atoms with Crippen LogP contribution in [0, 0.1) is 0 Å². The molecule has 1 aromatic heterocycles. The molecular formula is C12H20N2O2. The van der Waals surface area contributed by atoms with Gasteiger partial charge in [0, 0.05) is 23.5 Å². The third-order valence-electron chi connectivity index (χ3n) is 2.82. The van der Waals surface area contributed by atoms with Gasteiger partial charge in [0.1, 0.15) is 12.4 Å². The zero-order chi connectivity index (χ0) is 12.2. The van der Waals surface area contributed by atoms with Gasteiger partial charge in [0.15, 0.2) is 0 Å². The van der Waals surface area contributed by atoms with Crippen molar-refractivity contribution < 1.29 is 9.84 Å². The second-order valence-corrected chi connectivity index (χ2v) is 4.64. The van der Waals surface area contributed by atoms with Crippen LogP contribution in [0.2, 0.25) is 0 Å². The zero-order valence-corrected chi connectivity index (χ0v) is 10.4. The molecule has 0 bridgehead atoms. The molecule has 0 aliphatic heterocycles. The van der Waals surface area contributed by atoms with E-state index in [2.05, 4.69) is 23.7 Å². The second-order valence-electron chi connectivity index (χ2n) is 4.64. The summed E-state index contributed by atoms with van der Waals surface area (Å²) < 4.78 is 5.71.